The number of carbonyl (C=O) groups is 2. The molecule has 0 amide bonds. The molecule has 5 heteroatoms. The van der Waals surface area contributed by atoms with E-state index >= 15 is 0 Å². The zero-order valence-corrected chi connectivity index (χ0v) is 53.1. The highest BCUT2D eigenvalue weighted by atomic mass is 16.6. The van der Waals surface area contributed by atoms with Crippen LogP contribution in [0.4, 0.5) is 0 Å². The molecule has 0 bridgehead atoms. The minimum absolute atomic E-state index is 0.0632. The molecule has 0 saturated heterocycles. The number of rotatable bonds is 64. The van der Waals surface area contributed by atoms with E-state index in [9.17, 15) is 14.7 Å². The number of esters is 2. The van der Waals surface area contributed by atoms with Gasteiger partial charge in [-0.25, -0.2) is 0 Å². The van der Waals surface area contributed by atoms with Gasteiger partial charge in [0, 0.05) is 12.8 Å². The van der Waals surface area contributed by atoms with Crippen molar-refractivity contribution in [2.24, 2.45) is 0 Å². The molecule has 1 unspecified atom stereocenters. The lowest BCUT2D eigenvalue weighted by atomic mass is 10.0. The Bertz CT molecular complexity index is 1500. The second kappa shape index (κ2) is 70.1. The molecule has 80 heavy (non-hydrogen) atoms. The summed E-state index contributed by atoms with van der Waals surface area (Å²) < 4.78 is 10.8. The fourth-order valence-electron chi connectivity index (χ4n) is 10.2. The topological polar surface area (TPSA) is 72.8 Å². The fraction of sp³-hybridized carbons (Fsp3) is 0.760. The lowest BCUT2D eigenvalue weighted by Gasteiger charge is -2.15. The second-order valence-electron chi connectivity index (χ2n) is 23.2. The number of hydrogen-bond donors (Lipinski definition) is 1. The largest absolute Gasteiger partial charge is 0.462 e. The molecule has 0 aliphatic carbocycles. The van der Waals surface area contributed by atoms with Crippen molar-refractivity contribution < 1.29 is 24.2 Å². The van der Waals surface area contributed by atoms with Crippen molar-refractivity contribution in [1.29, 1.82) is 0 Å². The Hall–Kier alpha value is -3.18. The average molecular weight is 1110 g/mol. The third-order valence-corrected chi connectivity index (χ3v) is 15.4. The molecule has 0 heterocycles. The molecular weight excluding hydrogens is 981 g/mol. The summed E-state index contributed by atoms with van der Waals surface area (Å²) in [5, 5.41) is 9.70. The predicted octanol–water partition coefficient (Wildman–Crippen LogP) is 24.2. The van der Waals surface area contributed by atoms with Gasteiger partial charge < -0.3 is 14.6 Å². The van der Waals surface area contributed by atoms with E-state index in [0.29, 0.717) is 12.8 Å². The third kappa shape index (κ3) is 67.3. The number of hydrogen-bond acceptors (Lipinski definition) is 5. The van der Waals surface area contributed by atoms with E-state index in [1.54, 1.807) is 0 Å². The number of ether oxygens (including phenoxy) is 2. The standard InChI is InChI=1S/C75H132O5/c1-3-5-7-9-11-13-15-17-19-21-23-25-27-29-30-31-32-33-34-35-36-37-38-39-40-41-42-43-44-46-48-50-52-54-56-58-60-62-64-66-68-70-75(78)80-73(71-76)72-79-74(77)69-67-65-63-61-59-57-55-53-51-49-47-45-28-26-24-22-20-18-16-14-12-10-8-6-4-2/h5,7,11,13,17,19,23,25,29-30,32-33,35-36,38-39,73,76H,3-4,6,8-10,12,14-16,18,20-22,24,26-28,31,34,37,40-72H2,1-2H3/b7-5-,13-11-,19-17-,25-23-,30-29-,33-32-,36-35-,39-38-. The van der Waals surface area contributed by atoms with Crippen molar-refractivity contribution in [2.75, 3.05) is 13.2 Å². The van der Waals surface area contributed by atoms with Gasteiger partial charge in [-0.05, 0) is 77.0 Å². The Labute approximate surface area is 498 Å². The SMILES string of the molecule is CC/C=C\C/C=C\C/C=C\C/C=C\C/C=C\C/C=C\C/C=C\C/C=C\CCCCCCCCCCCCCCCCCCC(=O)OC(CO)COC(=O)CCCCCCCCCCCCCCCCCCCCCCCCCCC. The Morgan fingerprint density at radius 1 is 0.300 bits per heavy atom. The van der Waals surface area contributed by atoms with Gasteiger partial charge in [-0.1, -0.05) is 355 Å². The number of aliphatic hydroxyl groups is 1. The number of carbonyl (C=O) groups excluding carboxylic acids is 2. The van der Waals surface area contributed by atoms with Crippen LogP contribution in [0.3, 0.4) is 0 Å². The minimum Gasteiger partial charge on any atom is -0.462 e. The van der Waals surface area contributed by atoms with Crippen molar-refractivity contribution in [2.45, 2.75) is 354 Å². The van der Waals surface area contributed by atoms with E-state index in [0.717, 1.165) is 89.9 Å². The van der Waals surface area contributed by atoms with E-state index in [1.165, 1.54) is 231 Å². The van der Waals surface area contributed by atoms with Gasteiger partial charge in [0.1, 0.15) is 6.61 Å². The maximum atomic E-state index is 12.4. The molecule has 5 nitrogen and oxygen atoms in total. The summed E-state index contributed by atoms with van der Waals surface area (Å²) in [6, 6.07) is 0. The van der Waals surface area contributed by atoms with Crippen LogP contribution in [0, 0.1) is 0 Å². The highest BCUT2D eigenvalue weighted by molar-refractivity contribution is 5.70. The van der Waals surface area contributed by atoms with Gasteiger partial charge in [-0.15, -0.1) is 0 Å². The van der Waals surface area contributed by atoms with Crippen molar-refractivity contribution in [1.82, 2.24) is 0 Å². The second-order valence-corrected chi connectivity index (χ2v) is 23.2. The van der Waals surface area contributed by atoms with Crippen LogP contribution in [-0.2, 0) is 19.1 Å². The van der Waals surface area contributed by atoms with Crippen molar-refractivity contribution in [3.8, 4) is 0 Å². The maximum absolute atomic E-state index is 12.4. The van der Waals surface area contributed by atoms with Gasteiger partial charge in [0.05, 0.1) is 6.61 Å². The quantitative estimate of drug-likeness (QED) is 0.0373. The summed E-state index contributed by atoms with van der Waals surface area (Å²) in [6.07, 6.45) is 100. The van der Waals surface area contributed by atoms with Crippen LogP contribution in [0.25, 0.3) is 0 Å². The third-order valence-electron chi connectivity index (χ3n) is 15.4. The summed E-state index contributed by atoms with van der Waals surface area (Å²) in [7, 11) is 0. The van der Waals surface area contributed by atoms with Crippen LogP contribution in [0.5, 0.6) is 0 Å². The van der Waals surface area contributed by atoms with Gasteiger partial charge >= 0.3 is 11.9 Å². The van der Waals surface area contributed by atoms with Crippen molar-refractivity contribution in [3.05, 3.63) is 97.2 Å². The first kappa shape index (κ1) is 76.8. The highest BCUT2D eigenvalue weighted by Crippen LogP contribution is 2.18. The number of unbranched alkanes of at least 4 members (excludes halogenated alkanes) is 40. The summed E-state index contributed by atoms with van der Waals surface area (Å²) in [5.41, 5.74) is 0. The molecule has 0 spiro atoms. The van der Waals surface area contributed by atoms with Crippen molar-refractivity contribution in [3.63, 3.8) is 0 Å². The Morgan fingerprint density at radius 2 is 0.537 bits per heavy atom. The molecule has 1 N–H and O–H groups in total. The van der Waals surface area contributed by atoms with E-state index in [1.807, 2.05) is 0 Å². The zero-order chi connectivity index (χ0) is 57.6. The first-order valence-corrected chi connectivity index (χ1v) is 34.8. The van der Waals surface area contributed by atoms with E-state index in [4.69, 9.17) is 9.47 Å². The first-order chi connectivity index (χ1) is 39.6. The number of allylic oxidation sites excluding steroid dienone is 16. The average Bonchev–Trinajstić information content (AvgIpc) is 3.46. The zero-order valence-electron chi connectivity index (χ0n) is 53.1. The van der Waals surface area contributed by atoms with Crippen LogP contribution in [0.2, 0.25) is 0 Å². The van der Waals surface area contributed by atoms with Crippen LogP contribution in [-0.4, -0.2) is 36.4 Å². The van der Waals surface area contributed by atoms with Gasteiger partial charge in [0.2, 0.25) is 0 Å². The van der Waals surface area contributed by atoms with Crippen molar-refractivity contribution >= 4 is 11.9 Å². The Morgan fingerprint density at radius 3 is 0.812 bits per heavy atom. The lowest BCUT2D eigenvalue weighted by Crippen LogP contribution is -2.28. The molecule has 1 atom stereocenters. The predicted molar refractivity (Wildman–Crippen MR) is 352 cm³/mol. The van der Waals surface area contributed by atoms with Crippen LogP contribution in [0.15, 0.2) is 97.2 Å². The molecule has 0 aliphatic heterocycles. The maximum Gasteiger partial charge on any atom is 0.306 e. The summed E-state index contributed by atoms with van der Waals surface area (Å²) >= 11 is 0. The molecule has 0 aromatic heterocycles. The molecule has 0 aromatic rings. The normalized spacial score (nSPS) is 12.8. The summed E-state index contributed by atoms with van der Waals surface area (Å²) in [6.45, 7) is 4.07. The molecule has 0 fully saturated rings. The molecule has 0 rings (SSSR count). The first-order valence-electron chi connectivity index (χ1n) is 34.8. The van der Waals surface area contributed by atoms with Gasteiger partial charge in [0.15, 0.2) is 6.10 Å². The highest BCUT2D eigenvalue weighted by Gasteiger charge is 2.16. The van der Waals surface area contributed by atoms with Crippen LogP contribution < -0.4 is 0 Å². The molecule has 462 valence electrons. The molecule has 0 saturated carbocycles. The summed E-state index contributed by atoms with van der Waals surface area (Å²) in [4.78, 5) is 24.6. The van der Waals surface area contributed by atoms with Gasteiger partial charge in [-0.3, -0.25) is 9.59 Å². The molecule has 0 aliphatic rings. The minimum atomic E-state index is -0.774. The Balaban J connectivity index is 3.46. The van der Waals surface area contributed by atoms with Crippen LogP contribution in [0.1, 0.15) is 348 Å². The van der Waals surface area contributed by atoms with Crippen LogP contribution >= 0.6 is 0 Å². The van der Waals surface area contributed by atoms with E-state index in [-0.39, 0.29) is 25.2 Å². The molecule has 0 radical (unpaired) electrons. The summed E-state index contributed by atoms with van der Waals surface area (Å²) in [5.74, 6) is -0.574. The van der Waals surface area contributed by atoms with Gasteiger partial charge in [-0.2, -0.15) is 0 Å². The van der Waals surface area contributed by atoms with Gasteiger partial charge in [0.25, 0.3) is 0 Å². The monoisotopic (exact) mass is 1110 g/mol. The van der Waals surface area contributed by atoms with E-state index in [2.05, 4.69) is 111 Å². The smallest absolute Gasteiger partial charge is 0.306 e. The molecule has 0 aromatic carbocycles. The number of aliphatic hydroxyl groups excluding tert-OH is 1. The fourth-order valence-corrected chi connectivity index (χ4v) is 10.2. The van der Waals surface area contributed by atoms with E-state index < -0.39 is 6.10 Å². The molecular formula is C75H132O5. The Kier molecular flexibility index (Phi) is 67.3. The lowest BCUT2D eigenvalue weighted by molar-refractivity contribution is -0.161.